The van der Waals surface area contributed by atoms with Gasteiger partial charge in [-0.25, -0.2) is 4.98 Å². The van der Waals surface area contributed by atoms with Gasteiger partial charge in [0.05, 0.1) is 5.02 Å². The van der Waals surface area contributed by atoms with E-state index in [1.54, 1.807) is 23.6 Å². The first-order chi connectivity index (χ1) is 7.66. The smallest absolute Gasteiger partial charge is 0.268 e. The highest BCUT2D eigenvalue weighted by molar-refractivity contribution is 7.12. The number of aromatic nitrogens is 1. The van der Waals surface area contributed by atoms with Crippen LogP contribution >= 0.6 is 34.5 Å². The molecule has 1 N–H and O–H groups in total. The quantitative estimate of drug-likeness (QED) is 0.906. The van der Waals surface area contributed by atoms with Gasteiger partial charge in [0.15, 0.2) is 0 Å². The molecule has 2 aromatic rings. The minimum absolute atomic E-state index is 0.283. The molecule has 2 aromatic heterocycles. The zero-order valence-corrected chi connectivity index (χ0v) is 10.2. The molecule has 6 heteroatoms. The van der Waals surface area contributed by atoms with E-state index in [1.165, 1.54) is 17.5 Å². The van der Waals surface area contributed by atoms with Gasteiger partial charge in [-0.1, -0.05) is 23.2 Å². The number of rotatable bonds is 2. The van der Waals surface area contributed by atoms with Crippen LogP contribution in [0.5, 0.6) is 0 Å². The molecule has 0 bridgehead atoms. The van der Waals surface area contributed by atoms with Crippen LogP contribution in [0, 0.1) is 0 Å². The van der Waals surface area contributed by atoms with Crippen molar-refractivity contribution in [2.45, 2.75) is 0 Å². The Morgan fingerprint density at radius 1 is 1.38 bits per heavy atom. The van der Waals surface area contributed by atoms with Crippen LogP contribution in [0.4, 0.5) is 5.82 Å². The number of carbonyl (C=O) groups is 1. The largest absolute Gasteiger partial charge is 0.306 e. The summed E-state index contributed by atoms with van der Waals surface area (Å²) in [6, 6.07) is 4.88. The summed E-state index contributed by atoms with van der Waals surface area (Å²) in [5.74, 6) is 0.122. The van der Waals surface area contributed by atoms with Crippen molar-refractivity contribution in [1.82, 2.24) is 4.98 Å². The van der Waals surface area contributed by atoms with Crippen LogP contribution in [0.15, 0.2) is 29.8 Å². The number of nitrogens with one attached hydrogen (secondary N) is 1. The van der Waals surface area contributed by atoms with Gasteiger partial charge < -0.3 is 5.32 Å². The van der Waals surface area contributed by atoms with Gasteiger partial charge in [-0.2, -0.15) is 0 Å². The average molecular weight is 273 g/mol. The Morgan fingerprint density at radius 3 is 2.81 bits per heavy atom. The fourth-order valence-corrected chi connectivity index (χ4v) is 2.30. The highest BCUT2D eigenvalue weighted by Crippen LogP contribution is 2.23. The van der Waals surface area contributed by atoms with Crippen LogP contribution in [0.2, 0.25) is 10.0 Å². The van der Waals surface area contributed by atoms with Gasteiger partial charge in [-0.3, -0.25) is 4.79 Å². The number of halogens is 2. The van der Waals surface area contributed by atoms with Crippen LogP contribution in [-0.2, 0) is 0 Å². The van der Waals surface area contributed by atoms with Crippen molar-refractivity contribution < 1.29 is 4.79 Å². The Morgan fingerprint density at radius 2 is 2.19 bits per heavy atom. The number of nitrogens with zero attached hydrogens (tertiary/aromatic N) is 1. The molecule has 2 rings (SSSR count). The Labute approximate surface area is 106 Å². The summed E-state index contributed by atoms with van der Waals surface area (Å²) in [5.41, 5.74) is 0. The highest BCUT2D eigenvalue weighted by atomic mass is 35.5. The van der Waals surface area contributed by atoms with E-state index in [0.29, 0.717) is 20.7 Å². The van der Waals surface area contributed by atoms with Crippen molar-refractivity contribution in [1.29, 1.82) is 0 Å². The highest BCUT2D eigenvalue weighted by Gasteiger charge is 2.12. The molecule has 0 radical (unpaired) electrons. The molecule has 3 nitrogen and oxygen atoms in total. The SMILES string of the molecule is O=C(Nc1cc(Cl)ccn1)c1sccc1Cl. The van der Waals surface area contributed by atoms with E-state index < -0.39 is 0 Å². The van der Waals surface area contributed by atoms with E-state index in [-0.39, 0.29) is 5.91 Å². The summed E-state index contributed by atoms with van der Waals surface area (Å²) >= 11 is 12.9. The van der Waals surface area contributed by atoms with Crippen molar-refractivity contribution in [2.75, 3.05) is 5.32 Å². The number of hydrogen-bond acceptors (Lipinski definition) is 3. The maximum atomic E-state index is 11.7. The van der Waals surface area contributed by atoms with Crippen LogP contribution in [0.1, 0.15) is 9.67 Å². The van der Waals surface area contributed by atoms with Crippen molar-refractivity contribution >= 4 is 46.3 Å². The molecular formula is C10H6Cl2N2OS. The number of thiophene rings is 1. The number of carbonyl (C=O) groups excluding carboxylic acids is 1. The molecule has 1 amide bonds. The molecule has 0 atom stereocenters. The summed E-state index contributed by atoms with van der Waals surface area (Å²) in [4.78, 5) is 16.2. The molecule has 2 heterocycles. The number of hydrogen-bond donors (Lipinski definition) is 1. The lowest BCUT2D eigenvalue weighted by molar-refractivity contribution is 0.103. The second-order valence-corrected chi connectivity index (χ2v) is 4.67. The van der Waals surface area contributed by atoms with Crippen LogP contribution < -0.4 is 5.32 Å². The normalized spacial score (nSPS) is 10.1. The first-order valence-corrected chi connectivity index (χ1v) is 5.96. The van der Waals surface area contributed by atoms with Crippen molar-refractivity contribution in [2.24, 2.45) is 0 Å². The van der Waals surface area contributed by atoms with E-state index in [9.17, 15) is 4.79 Å². The van der Waals surface area contributed by atoms with E-state index >= 15 is 0 Å². The average Bonchev–Trinajstić information content (AvgIpc) is 2.64. The Kier molecular flexibility index (Phi) is 3.43. The molecule has 0 spiro atoms. The summed E-state index contributed by atoms with van der Waals surface area (Å²) in [6.45, 7) is 0. The molecule has 0 unspecified atom stereocenters. The van der Waals surface area contributed by atoms with Gasteiger partial charge in [0.2, 0.25) is 0 Å². The molecule has 0 aliphatic carbocycles. The standard InChI is InChI=1S/C10H6Cl2N2OS/c11-6-1-3-13-8(5-6)14-10(15)9-7(12)2-4-16-9/h1-5H,(H,13,14,15). The maximum Gasteiger partial charge on any atom is 0.268 e. The van der Waals surface area contributed by atoms with Gasteiger partial charge in [0, 0.05) is 11.2 Å². The lowest BCUT2D eigenvalue weighted by Gasteiger charge is -2.02. The summed E-state index contributed by atoms with van der Waals surface area (Å²) in [6.07, 6.45) is 1.52. The number of anilines is 1. The Bertz CT molecular complexity index is 527. The fraction of sp³-hybridized carbons (Fsp3) is 0. The first kappa shape index (κ1) is 11.4. The van der Waals surface area contributed by atoms with Crippen molar-refractivity contribution in [3.05, 3.63) is 44.7 Å². The third kappa shape index (κ3) is 2.52. The molecule has 82 valence electrons. The number of pyridine rings is 1. The molecular weight excluding hydrogens is 267 g/mol. The minimum Gasteiger partial charge on any atom is -0.306 e. The summed E-state index contributed by atoms with van der Waals surface area (Å²) in [5, 5.41) is 5.32. The van der Waals surface area contributed by atoms with Gasteiger partial charge in [-0.15, -0.1) is 11.3 Å². The van der Waals surface area contributed by atoms with Gasteiger partial charge in [0.25, 0.3) is 5.91 Å². The predicted octanol–water partition coefficient (Wildman–Crippen LogP) is 3.70. The third-order valence-electron chi connectivity index (χ3n) is 1.79. The number of amides is 1. The monoisotopic (exact) mass is 272 g/mol. The Hall–Kier alpha value is -1.10. The molecule has 16 heavy (non-hydrogen) atoms. The topological polar surface area (TPSA) is 42.0 Å². The van der Waals surface area contributed by atoms with Gasteiger partial charge in [-0.05, 0) is 23.6 Å². The van der Waals surface area contributed by atoms with Gasteiger partial charge >= 0.3 is 0 Å². The van der Waals surface area contributed by atoms with Gasteiger partial charge in [0.1, 0.15) is 10.7 Å². The lowest BCUT2D eigenvalue weighted by atomic mass is 10.4. The second-order valence-electron chi connectivity index (χ2n) is 2.91. The fourth-order valence-electron chi connectivity index (χ4n) is 1.10. The molecule has 0 fully saturated rings. The molecule has 0 aromatic carbocycles. The molecule has 0 aliphatic heterocycles. The first-order valence-electron chi connectivity index (χ1n) is 4.33. The van der Waals surface area contributed by atoms with E-state index in [1.807, 2.05) is 0 Å². The van der Waals surface area contributed by atoms with Crippen molar-refractivity contribution in [3.63, 3.8) is 0 Å². The Balaban J connectivity index is 2.17. The summed E-state index contributed by atoms with van der Waals surface area (Å²) < 4.78 is 0. The molecule has 0 saturated heterocycles. The zero-order chi connectivity index (χ0) is 11.5. The molecule has 0 aliphatic rings. The summed E-state index contributed by atoms with van der Waals surface area (Å²) in [7, 11) is 0. The van der Waals surface area contributed by atoms with Crippen LogP contribution in [-0.4, -0.2) is 10.9 Å². The van der Waals surface area contributed by atoms with Crippen molar-refractivity contribution in [3.8, 4) is 0 Å². The molecule has 0 saturated carbocycles. The second kappa shape index (κ2) is 4.82. The van der Waals surface area contributed by atoms with Crippen LogP contribution in [0.25, 0.3) is 0 Å². The maximum absolute atomic E-state index is 11.7. The lowest BCUT2D eigenvalue weighted by Crippen LogP contribution is -2.11. The van der Waals surface area contributed by atoms with E-state index in [4.69, 9.17) is 23.2 Å². The minimum atomic E-state index is -0.283. The van der Waals surface area contributed by atoms with Crippen LogP contribution in [0.3, 0.4) is 0 Å². The predicted molar refractivity (Wildman–Crippen MR) is 66.5 cm³/mol. The third-order valence-corrected chi connectivity index (χ3v) is 3.36. The van der Waals surface area contributed by atoms with E-state index in [0.717, 1.165) is 0 Å². The zero-order valence-electron chi connectivity index (χ0n) is 7.91. The van der Waals surface area contributed by atoms with E-state index in [2.05, 4.69) is 10.3 Å².